The molecule has 0 fully saturated rings. The number of methoxy groups -OCH3 is 1. The SMILES string of the molecule is COc1ccccc1C(=O)NCC(=O)N=Nc1c(O)n(CCc2ccccc2)c2ccccc12. The minimum Gasteiger partial charge on any atom is -0.496 e. The van der Waals surface area contributed by atoms with Gasteiger partial charge < -0.3 is 19.7 Å². The molecular weight excluding hydrogens is 432 g/mol. The molecule has 8 nitrogen and oxygen atoms in total. The van der Waals surface area contributed by atoms with Gasteiger partial charge in [-0.15, -0.1) is 10.2 Å². The number of carbonyl (C=O) groups excluding carboxylic acids is 2. The molecule has 4 aromatic rings. The van der Waals surface area contributed by atoms with Crippen LogP contribution in [0.2, 0.25) is 0 Å². The van der Waals surface area contributed by atoms with Gasteiger partial charge in [0, 0.05) is 11.9 Å². The zero-order valence-electron chi connectivity index (χ0n) is 18.6. The van der Waals surface area contributed by atoms with Gasteiger partial charge in [-0.3, -0.25) is 9.59 Å². The molecule has 1 heterocycles. The van der Waals surface area contributed by atoms with Gasteiger partial charge in [-0.1, -0.05) is 60.7 Å². The van der Waals surface area contributed by atoms with Crippen molar-refractivity contribution in [2.24, 2.45) is 10.2 Å². The van der Waals surface area contributed by atoms with E-state index < -0.39 is 11.8 Å². The molecule has 0 aliphatic heterocycles. The Hall–Kier alpha value is -4.46. The lowest BCUT2D eigenvalue weighted by Crippen LogP contribution is -2.28. The molecule has 172 valence electrons. The molecule has 0 bridgehead atoms. The fraction of sp³-hybridized carbons (Fsp3) is 0.154. The van der Waals surface area contributed by atoms with Crippen molar-refractivity contribution in [2.45, 2.75) is 13.0 Å². The van der Waals surface area contributed by atoms with E-state index in [1.165, 1.54) is 7.11 Å². The number of aromatic nitrogens is 1. The highest BCUT2D eigenvalue weighted by Crippen LogP contribution is 2.38. The van der Waals surface area contributed by atoms with E-state index in [1.807, 2.05) is 54.6 Å². The first-order valence-electron chi connectivity index (χ1n) is 10.8. The number of hydrogen-bond acceptors (Lipinski definition) is 5. The Balaban J connectivity index is 1.48. The predicted molar refractivity (Wildman–Crippen MR) is 129 cm³/mol. The summed E-state index contributed by atoms with van der Waals surface area (Å²) in [6.07, 6.45) is 0.720. The van der Waals surface area contributed by atoms with Crippen molar-refractivity contribution in [3.63, 3.8) is 0 Å². The van der Waals surface area contributed by atoms with Gasteiger partial charge >= 0.3 is 0 Å². The first kappa shape index (κ1) is 22.7. The maximum absolute atomic E-state index is 12.4. The van der Waals surface area contributed by atoms with E-state index in [4.69, 9.17) is 4.74 Å². The molecule has 0 atom stereocenters. The Labute approximate surface area is 196 Å². The smallest absolute Gasteiger partial charge is 0.283 e. The largest absolute Gasteiger partial charge is 0.496 e. The Morgan fingerprint density at radius 1 is 0.971 bits per heavy atom. The van der Waals surface area contributed by atoms with Crippen LogP contribution in [0.5, 0.6) is 11.6 Å². The van der Waals surface area contributed by atoms with Crippen LogP contribution in [-0.4, -0.2) is 35.1 Å². The van der Waals surface area contributed by atoms with Gasteiger partial charge in [-0.2, -0.15) is 0 Å². The van der Waals surface area contributed by atoms with Gasteiger partial charge in [0.15, 0.2) is 5.69 Å². The van der Waals surface area contributed by atoms with E-state index in [0.717, 1.165) is 17.5 Å². The van der Waals surface area contributed by atoms with Crippen molar-refractivity contribution in [2.75, 3.05) is 13.7 Å². The van der Waals surface area contributed by atoms with Crippen LogP contribution in [0.3, 0.4) is 0 Å². The Morgan fingerprint density at radius 2 is 1.68 bits per heavy atom. The first-order valence-corrected chi connectivity index (χ1v) is 10.8. The van der Waals surface area contributed by atoms with Crippen LogP contribution in [0, 0.1) is 0 Å². The maximum Gasteiger partial charge on any atom is 0.283 e. The number of nitrogens with zero attached hydrogens (tertiary/aromatic N) is 3. The van der Waals surface area contributed by atoms with Crippen molar-refractivity contribution in [3.05, 3.63) is 90.0 Å². The van der Waals surface area contributed by atoms with Crippen molar-refractivity contribution in [1.29, 1.82) is 0 Å². The molecule has 0 aliphatic rings. The number of aryl methyl sites for hydroxylation is 2. The van der Waals surface area contributed by atoms with Crippen LogP contribution in [0.15, 0.2) is 89.1 Å². The third kappa shape index (κ3) is 4.96. The average Bonchev–Trinajstić information content (AvgIpc) is 3.15. The fourth-order valence-electron chi connectivity index (χ4n) is 3.71. The van der Waals surface area contributed by atoms with Gasteiger partial charge in [0.05, 0.1) is 18.2 Å². The number of ether oxygens (including phenoxy) is 1. The third-order valence-corrected chi connectivity index (χ3v) is 5.40. The molecule has 0 saturated heterocycles. The van der Waals surface area contributed by atoms with E-state index in [0.29, 0.717) is 23.2 Å². The van der Waals surface area contributed by atoms with Gasteiger partial charge in [-0.05, 0) is 30.2 Å². The molecule has 0 radical (unpaired) electrons. The minimum absolute atomic E-state index is 0.0632. The minimum atomic E-state index is -0.649. The van der Waals surface area contributed by atoms with Crippen molar-refractivity contribution < 1.29 is 19.4 Å². The number of rotatable bonds is 8. The summed E-state index contributed by atoms with van der Waals surface area (Å²) in [7, 11) is 1.47. The molecule has 4 rings (SSSR count). The number of amides is 2. The standard InChI is InChI=1S/C26H24N4O4/c1-34-22-14-8-6-12-20(22)25(32)27-17-23(31)28-29-24-19-11-5-7-13-21(19)30(26(24)33)16-15-18-9-3-2-4-10-18/h2-14,33H,15-17H2,1H3,(H,27,32). The summed E-state index contributed by atoms with van der Waals surface area (Å²) in [5.74, 6) is -0.765. The Kier molecular flexibility index (Phi) is 6.98. The normalized spacial score (nSPS) is 11.1. The molecule has 0 saturated carbocycles. The molecule has 2 N–H and O–H groups in total. The van der Waals surface area contributed by atoms with Crippen molar-refractivity contribution in [3.8, 4) is 11.6 Å². The number of carbonyl (C=O) groups is 2. The van der Waals surface area contributed by atoms with Crippen LogP contribution in [0.1, 0.15) is 15.9 Å². The summed E-state index contributed by atoms with van der Waals surface area (Å²) in [5, 5.41) is 21.8. The summed E-state index contributed by atoms with van der Waals surface area (Å²) in [5.41, 5.74) is 2.47. The Morgan fingerprint density at radius 3 is 2.47 bits per heavy atom. The number of azo groups is 1. The number of hydrogen-bond donors (Lipinski definition) is 2. The second kappa shape index (κ2) is 10.4. The zero-order valence-corrected chi connectivity index (χ0v) is 18.6. The van der Waals surface area contributed by atoms with E-state index in [1.54, 1.807) is 28.8 Å². The topological polar surface area (TPSA) is 105 Å². The number of nitrogens with one attached hydrogen (secondary N) is 1. The van der Waals surface area contributed by atoms with E-state index in [9.17, 15) is 14.7 Å². The van der Waals surface area contributed by atoms with Crippen LogP contribution in [0.4, 0.5) is 5.69 Å². The zero-order chi connectivity index (χ0) is 23.9. The fourth-order valence-corrected chi connectivity index (χ4v) is 3.71. The molecule has 1 aromatic heterocycles. The van der Waals surface area contributed by atoms with Crippen LogP contribution in [-0.2, 0) is 17.8 Å². The highest BCUT2D eigenvalue weighted by atomic mass is 16.5. The van der Waals surface area contributed by atoms with Crippen LogP contribution in [0.25, 0.3) is 10.9 Å². The van der Waals surface area contributed by atoms with E-state index in [2.05, 4.69) is 15.5 Å². The predicted octanol–water partition coefficient (Wildman–Crippen LogP) is 4.64. The third-order valence-electron chi connectivity index (χ3n) is 5.40. The van der Waals surface area contributed by atoms with Gasteiger partial charge in [0.25, 0.3) is 11.8 Å². The molecule has 3 aromatic carbocycles. The lowest BCUT2D eigenvalue weighted by molar-refractivity contribution is -0.117. The summed E-state index contributed by atoms with van der Waals surface area (Å²) in [6, 6.07) is 24.1. The monoisotopic (exact) mass is 456 g/mol. The molecule has 0 unspecified atom stereocenters. The van der Waals surface area contributed by atoms with E-state index >= 15 is 0 Å². The first-order chi connectivity index (χ1) is 16.6. The van der Waals surface area contributed by atoms with Crippen LogP contribution >= 0.6 is 0 Å². The number of aromatic hydroxyl groups is 1. The van der Waals surface area contributed by atoms with Gasteiger partial charge in [0.2, 0.25) is 5.88 Å². The lowest BCUT2D eigenvalue weighted by atomic mass is 10.1. The average molecular weight is 457 g/mol. The highest BCUT2D eigenvalue weighted by molar-refractivity contribution is 5.99. The second-order valence-electron chi connectivity index (χ2n) is 7.55. The number of para-hydroxylation sites is 2. The molecule has 34 heavy (non-hydrogen) atoms. The summed E-state index contributed by atoms with van der Waals surface area (Å²) >= 11 is 0. The Bertz CT molecular complexity index is 1350. The summed E-state index contributed by atoms with van der Waals surface area (Å²) in [4.78, 5) is 24.6. The molecule has 0 aliphatic carbocycles. The van der Waals surface area contributed by atoms with Crippen molar-refractivity contribution in [1.82, 2.24) is 9.88 Å². The number of benzene rings is 3. The molecule has 8 heteroatoms. The lowest BCUT2D eigenvalue weighted by Gasteiger charge is -2.07. The van der Waals surface area contributed by atoms with E-state index in [-0.39, 0.29) is 18.1 Å². The summed E-state index contributed by atoms with van der Waals surface area (Å²) in [6.45, 7) is 0.197. The van der Waals surface area contributed by atoms with Gasteiger partial charge in [0.1, 0.15) is 12.3 Å². The maximum atomic E-state index is 12.4. The highest BCUT2D eigenvalue weighted by Gasteiger charge is 2.17. The summed E-state index contributed by atoms with van der Waals surface area (Å²) < 4.78 is 6.92. The van der Waals surface area contributed by atoms with Gasteiger partial charge in [-0.25, -0.2) is 0 Å². The molecular formula is C26H24N4O4. The quantitative estimate of drug-likeness (QED) is 0.377. The number of fused-ring (bicyclic) bond motifs is 1. The molecule has 2 amide bonds. The second-order valence-corrected chi connectivity index (χ2v) is 7.55. The van der Waals surface area contributed by atoms with Crippen LogP contribution < -0.4 is 10.1 Å². The molecule has 0 spiro atoms. The van der Waals surface area contributed by atoms with Crippen molar-refractivity contribution >= 4 is 28.4 Å².